The van der Waals surface area contributed by atoms with Gasteiger partial charge in [0.05, 0.1) is 12.8 Å². The number of nitrogen functional groups attached to an aromatic ring is 2. The predicted molar refractivity (Wildman–Crippen MR) is 117 cm³/mol. The highest BCUT2D eigenvalue weighted by Crippen LogP contribution is 2.40. The van der Waals surface area contributed by atoms with Gasteiger partial charge in [0.15, 0.2) is 0 Å². The monoisotopic (exact) mass is 382 g/mol. The average molecular weight is 383 g/mol. The van der Waals surface area contributed by atoms with E-state index in [1.807, 2.05) is 24.4 Å². The smallest absolute Gasteiger partial charge is 0.142 e. The zero-order chi connectivity index (χ0) is 19.4. The van der Waals surface area contributed by atoms with E-state index in [-0.39, 0.29) is 0 Å². The van der Waals surface area contributed by atoms with Crippen molar-refractivity contribution in [3.8, 4) is 16.9 Å². The third-order valence-corrected chi connectivity index (χ3v) is 5.78. The fourth-order valence-electron chi connectivity index (χ4n) is 3.11. The summed E-state index contributed by atoms with van der Waals surface area (Å²) in [6, 6.07) is 5.79. The molecule has 0 spiro atoms. The Morgan fingerprint density at radius 3 is 2.70 bits per heavy atom. The standard InChI is InChI=1S/C21H26N4OS/c1-4-25(5-2)10-6-7-15-12-24-21(23)19-16(13-27-20(15)19)14-8-9-17(22)18(11-14)26-3/h6-9,11-13H,4-5,10,22H2,1-3H3,(H2,23,24)/b7-6+. The summed E-state index contributed by atoms with van der Waals surface area (Å²) in [5, 5.41) is 3.10. The topological polar surface area (TPSA) is 77.4 Å². The van der Waals surface area contributed by atoms with Crippen LogP contribution in [0.2, 0.25) is 0 Å². The number of hydrogen-bond donors (Lipinski definition) is 2. The van der Waals surface area contributed by atoms with Crippen LogP contribution in [0.1, 0.15) is 19.4 Å². The highest BCUT2D eigenvalue weighted by atomic mass is 32.1. The van der Waals surface area contributed by atoms with Gasteiger partial charge in [-0.15, -0.1) is 11.3 Å². The van der Waals surface area contributed by atoms with Crippen molar-refractivity contribution in [3.63, 3.8) is 0 Å². The zero-order valence-corrected chi connectivity index (χ0v) is 16.8. The number of aromatic nitrogens is 1. The van der Waals surface area contributed by atoms with Crippen molar-refractivity contribution in [2.75, 3.05) is 38.2 Å². The molecule has 0 unspecified atom stereocenters. The summed E-state index contributed by atoms with van der Waals surface area (Å²) in [5.41, 5.74) is 16.0. The first kappa shape index (κ1) is 19.2. The molecule has 4 N–H and O–H groups in total. The maximum atomic E-state index is 6.24. The number of rotatable bonds is 7. The van der Waals surface area contributed by atoms with Gasteiger partial charge in [0.2, 0.25) is 0 Å². The van der Waals surface area contributed by atoms with E-state index in [2.05, 4.69) is 41.3 Å². The fourth-order valence-corrected chi connectivity index (χ4v) is 4.19. The van der Waals surface area contributed by atoms with Crippen molar-refractivity contribution in [2.24, 2.45) is 0 Å². The first-order valence-electron chi connectivity index (χ1n) is 9.07. The molecule has 2 aromatic heterocycles. The molecule has 142 valence electrons. The number of ether oxygens (including phenoxy) is 1. The number of methoxy groups -OCH3 is 1. The Balaban J connectivity index is 2.02. The molecule has 1 aromatic carbocycles. The quantitative estimate of drug-likeness (QED) is 0.589. The molecule has 3 rings (SSSR count). The molecular formula is C21H26N4OS. The van der Waals surface area contributed by atoms with E-state index in [9.17, 15) is 0 Å². The lowest BCUT2D eigenvalue weighted by Crippen LogP contribution is -2.22. The molecule has 0 saturated carbocycles. The lowest BCUT2D eigenvalue weighted by Gasteiger charge is -2.14. The number of pyridine rings is 1. The summed E-state index contributed by atoms with van der Waals surface area (Å²) in [4.78, 5) is 6.79. The molecule has 0 atom stereocenters. The normalized spacial score (nSPS) is 11.7. The molecule has 3 aromatic rings. The van der Waals surface area contributed by atoms with Crippen molar-refractivity contribution in [1.82, 2.24) is 9.88 Å². The Hall–Kier alpha value is -2.57. The Morgan fingerprint density at radius 1 is 1.22 bits per heavy atom. The SMILES string of the molecule is CCN(CC)C/C=C/c1cnc(N)c2c(-c3ccc(N)c(OC)c3)csc12. The van der Waals surface area contributed by atoms with Crippen LogP contribution in [0.4, 0.5) is 11.5 Å². The first-order valence-corrected chi connectivity index (χ1v) is 9.95. The van der Waals surface area contributed by atoms with Gasteiger partial charge in [-0.3, -0.25) is 0 Å². The van der Waals surface area contributed by atoms with E-state index in [0.29, 0.717) is 17.3 Å². The van der Waals surface area contributed by atoms with Gasteiger partial charge in [-0.05, 0) is 36.2 Å². The lowest BCUT2D eigenvalue weighted by molar-refractivity contribution is 0.338. The number of anilines is 2. The third kappa shape index (κ3) is 3.91. The Labute approximate surface area is 164 Å². The minimum absolute atomic E-state index is 0.540. The molecule has 5 nitrogen and oxygen atoms in total. The van der Waals surface area contributed by atoms with Gasteiger partial charge in [0, 0.05) is 34.0 Å². The Morgan fingerprint density at radius 2 is 2.00 bits per heavy atom. The number of nitrogens with two attached hydrogens (primary N) is 2. The number of hydrogen-bond acceptors (Lipinski definition) is 6. The second-order valence-corrected chi connectivity index (χ2v) is 7.18. The zero-order valence-electron chi connectivity index (χ0n) is 16.0. The predicted octanol–water partition coefficient (Wildman–Crippen LogP) is 4.49. The van der Waals surface area contributed by atoms with E-state index in [1.54, 1.807) is 18.4 Å². The van der Waals surface area contributed by atoms with Gasteiger partial charge in [-0.2, -0.15) is 0 Å². The van der Waals surface area contributed by atoms with Gasteiger partial charge in [-0.25, -0.2) is 4.98 Å². The maximum Gasteiger partial charge on any atom is 0.142 e. The summed E-state index contributed by atoms with van der Waals surface area (Å²) in [6.45, 7) is 7.35. The molecule has 0 amide bonds. The number of likely N-dealkylation sites (N-methyl/N-ethyl adjacent to an activating group) is 1. The molecule has 0 fully saturated rings. The molecule has 0 bridgehead atoms. The highest BCUT2D eigenvalue weighted by molar-refractivity contribution is 7.18. The summed E-state index contributed by atoms with van der Waals surface area (Å²) in [6.07, 6.45) is 6.17. The summed E-state index contributed by atoms with van der Waals surface area (Å²) >= 11 is 1.68. The number of thiophene rings is 1. The van der Waals surface area contributed by atoms with Gasteiger partial charge in [0.25, 0.3) is 0 Å². The van der Waals surface area contributed by atoms with Crippen molar-refractivity contribution in [1.29, 1.82) is 0 Å². The van der Waals surface area contributed by atoms with Crippen molar-refractivity contribution < 1.29 is 4.74 Å². The summed E-state index contributed by atoms with van der Waals surface area (Å²) in [7, 11) is 1.62. The van der Waals surface area contributed by atoms with Crippen LogP contribution in [0.15, 0.2) is 35.9 Å². The van der Waals surface area contributed by atoms with Crippen LogP contribution in [-0.2, 0) is 0 Å². The van der Waals surface area contributed by atoms with Crippen LogP contribution in [0.3, 0.4) is 0 Å². The maximum absolute atomic E-state index is 6.24. The lowest BCUT2D eigenvalue weighted by atomic mass is 10.0. The van der Waals surface area contributed by atoms with E-state index < -0.39 is 0 Å². The third-order valence-electron chi connectivity index (χ3n) is 4.75. The largest absolute Gasteiger partial charge is 0.495 e. The van der Waals surface area contributed by atoms with E-state index in [1.165, 1.54) is 0 Å². The van der Waals surface area contributed by atoms with Crippen LogP contribution >= 0.6 is 11.3 Å². The molecule has 27 heavy (non-hydrogen) atoms. The molecule has 2 heterocycles. The number of fused-ring (bicyclic) bond motifs is 1. The van der Waals surface area contributed by atoms with Crippen LogP contribution < -0.4 is 16.2 Å². The van der Waals surface area contributed by atoms with Crippen molar-refractivity contribution in [3.05, 3.63) is 41.4 Å². The minimum atomic E-state index is 0.540. The summed E-state index contributed by atoms with van der Waals surface area (Å²) in [5.74, 6) is 1.20. The molecule has 0 saturated heterocycles. The van der Waals surface area contributed by atoms with Gasteiger partial charge < -0.3 is 21.1 Å². The second-order valence-electron chi connectivity index (χ2n) is 6.30. The van der Waals surface area contributed by atoms with Crippen LogP contribution in [0.25, 0.3) is 27.3 Å². The number of nitrogens with zero attached hydrogens (tertiary/aromatic N) is 2. The van der Waals surface area contributed by atoms with Crippen molar-refractivity contribution >= 4 is 39.0 Å². The molecule has 0 aliphatic carbocycles. The fraction of sp³-hybridized carbons (Fsp3) is 0.286. The van der Waals surface area contributed by atoms with Crippen LogP contribution in [0, 0.1) is 0 Å². The highest BCUT2D eigenvalue weighted by Gasteiger charge is 2.14. The van der Waals surface area contributed by atoms with Crippen molar-refractivity contribution in [2.45, 2.75) is 13.8 Å². The molecular weight excluding hydrogens is 356 g/mol. The van der Waals surface area contributed by atoms with E-state index in [0.717, 1.165) is 46.4 Å². The molecule has 0 aliphatic heterocycles. The number of benzene rings is 1. The molecule has 0 aliphatic rings. The van der Waals surface area contributed by atoms with Crippen LogP contribution in [-0.4, -0.2) is 36.6 Å². The van der Waals surface area contributed by atoms with Gasteiger partial charge in [0.1, 0.15) is 11.6 Å². The second kappa shape index (κ2) is 8.41. The Kier molecular flexibility index (Phi) is 5.98. The summed E-state index contributed by atoms with van der Waals surface area (Å²) < 4.78 is 6.50. The van der Waals surface area contributed by atoms with E-state index in [4.69, 9.17) is 16.2 Å². The van der Waals surface area contributed by atoms with Crippen LogP contribution in [0.5, 0.6) is 5.75 Å². The van der Waals surface area contributed by atoms with Gasteiger partial charge >= 0.3 is 0 Å². The minimum Gasteiger partial charge on any atom is -0.495 e. The van der Waals surface area contributed by atoms with Gasteiger partial charge in [-0.1, -0.05) is 32.1 Å². The molecule has 0 radical (unpaired) electrons. The first-order chi connectivity index (χ1) is 13.1. The average Bonchev–Trinajstić information content (AvgIpc) is 3.13. The molecule has 6 heteroatoms. The van der Waals surface area contributed by atoms with E-state index >= 15 is 0 Å². The Bertz CT molecular complexity index is 960.